The third-order valence-electron chi connectivity index (χ3n) is 3.41. The van der Waals surface area contributed by atoms with Crippen LogP contribution in [-0.2, 0) is 0 Å². The van der Waals surface area contributed by atoms with Crippen LogP contribution >= 0.6 is 11.8 Å². The Bertz CT molecular complexity index is 726. The summed E-state index contributed by atoms with van der Waals surface area (Å²) in [6.45, 7) is 2.19. The molecule has 20 heavy (non-hydrogen) atoms. The van der Waals surface area contributed by atoms with Crippen LogP contribution in [0.5, 0.6) is 0 Å². The molecule has 2 rings (SSSR count). The third kappa shape index (κ3) is 3.18. The van der Waals surface area contributed by atoms with Crippen LogP contribution in [0.1, 0.15) is 39.0 Å². The molecule has 0 saturated carbocycles. The lowest BCUT2D eigenvalue weighted by atomic mass is 10.2. The predicted molar refractivity (Wildman–Crippen MR) is 84.6 cm³/mol. The minimum atomic E-state index is -0.901. The van der Waals surface area contributed by atoms with Gasteiger partial charge in [0.1, 0.15) is 0 Å². The lowest BCUT2D eigenvalue weighted by Crippen LogP contribution is -2.29. The first kappa shape index (κ1) is 15.0. The molecule has 106 valence electrons. The summed E-state index contributed by atoms with van der Waals surface area (Å²) >= 11 is 1.67. The molecule has 0 bridgehead atoms. The molecule has 0 amide bonds. The van der Waals surface area contributed by atoms with Gasteiger partial charge in [0.25, 0.3) is 5.43 Å². The van der Waals surface area contributed by atoms with E-state index in [1.165, 1.54) is 25.7 Å². The monoisotopic (exact) mass is 290 g/mol. The highest BCUT2D eigenvalue weighted by molar-refractivity contribution is 7.99. The van der Waals surface area contributed by atoms with E-state index in [1.807, 2.05) is 6.07 Å². The van der Waals surface area contributed by atoms with Gasteiger partial charge in [0.2, 0.25) is 10.9 Å². The number of hydrogen-bond acceptors (Lipinski definition) is 4. The van der Waals surface area contributed by atoms with Crippen molar-refractivity contribution in [1.82, 2.24) is 0 Å². The van der Waals surface area contributed by atoms with Gasteiger partial charge in [0.05, 0.1) is 0 Å². The minimum absolute atomic E-state index is 0.257. The number of unbranched alkanes of at least 4 members (excludes halogenated alkanes) is 4. The molecule has 0 atom stereocenters. The molecule has 2 aromatic rings. The van der Waals surface area contributed by atoms with Crippen molar-refractivity contribution in [2.45, 2.75) is 43.9 Å². The molecule has 3 nitrogen and oxygen atoms in total. The zero-order valence-electron chi connectivity index (χ0n) is 11.6. The maximum absolute atomic E-state index is 11.6. The standard InChI is InChI=1S/C16H18O3S/c1-2-3-4-5-6-9-20-11-7-8-12-13(10-11)15(18)16(19)14(12)17/h7-8,10H,2-6,9H2,1H3. The largest absolute Gasteiger partial charge is 0.285 e. The number of rotatable bonds is 7. The molecule has 0 aliphatic rings. The first-order chi connectivity index (χ1) is 9.65. The van der Waals surface area contributed by atoms with Crippen LogP contribution in [0.3, 0.4) is 0 Å². The van der Waals surface area contributed by atoms with E-state index in [1.54, 1.807) is 23.9 Å². The molecule has 0 radical (unpaired) electrons. The summed E-state index contributed by atoms with van der Waals surface area (Å²) in [7, 11) is 0. The van der Waals surface area contributed by atoms with Gasteiger partial charge in [-0.15, -0.1) is 11.8 Å². The molecule has 4 heteroatoms. The fourth-order valence-electron chi connectivity index (χ4n) is 2.24. The zero-order valence-corrected chi connectivity index (χ0v) is 12.4. The Morgan fingerprint density at radius 2 is 1.55 bits per heavy atom. The first-order valence-corrected chi connectivity index (χ1v) is 8.04. The summed E-state index contributed by atoms with van der Waals surface area (Å²) in [4.78, 5) is 35.4. The maximum Gasteiger partial charge on any atom is 0.273 e. The third-order valence-corrected chi connectivity index (χ3v) is 4.49. The summed E-state index contributed by atoms with van der Waals surface area (Å²) < 4.78 is 0. The van der Waals surface area contributed by atoms with E-state index < -0.39 is 16.3 Å². The zero-order chi connectivity index (χ0) is 14.5. The quantitative estimate of drug-likeness (QED) is 0.447. The highest BCUT2D eigenvalue weighted by Crippen LogP contribution is 2.22. The van der Waals surface area contributed by atoms with Gasteiger partial charge in [0.15, 0.2) is 0 Å². The van der Waals surface area contributed by atoms with Gasteiger partial charge in [-0.25, -0.2) is 0 Å². The Morgan fingerprint density at radius 1 is 0.850 bits per heavy atom. The smallest absolute Gasteiger partial charge is 0.273 e. The van der Waals surface area contributed by atoms with E-state index >= 15 is 0 Å². The SMILES string of the molecule is CCCCCCCSc1ccc2c(=O)c(=O)c(=O)c2c1. The fourth-order valence-corrected chi connectivity index (χ4v) is 3.19. The van der Waals surface area contributed by atoms with Crippen molar-refractivity contribution in [3.05, 3.63) is 48.9 Å². The van der Waals surface area contributed by atoms with Crippen molar-refractivity contribution in [3.63, 3.8) is 0 Å². The Hall–Kier alpha value is -1.42. The number of fused-ring (bicyclic) bond motifs is 1. The number of benzene rings is 1. The summed E-state index contributed by atoms with van der Waals surface area (Å²) in [5.74, 6) is 0.999. The van der Waals surface area contributed by atoms with E-state index in [9.17, 15) is 14.4 Å². The first-order valence-electron chi connectivity index (χ1n) is 7.05. The summed E-state index contributed by atoms with van der Waals surface area (Å²) in [6, 6.07) is 5.09. The van der Waals surface area contributed by atoms with E-state index in [2.05, 4.69) is 6.92 Å². The maximum atomic E-state index is 11.6. The average Bonchev–Trinajstić information content (AvgIpc) is 2.67. The molecular formula is C16H18O3S. The molecule has 0 saturated heterocycles. The van der Waals surface area contributed by atoms with Crippen LogP contribution < -0.4 is 16.3 Å². The van der Waals surface area contributed by atoms with Gasteiger partial charge in [0, 0.05) is 15.7 Å². The summed E-state index contributed by atoms with van der Waals surface area (Å²) in [5.41, 5.74) is -2.22. The van der Waals surface area contributed by atoms with Gasteiger partial charge < -0.3 is 0 Å². The van der Waals surface area contributed by atoms with Crippen molar-refractivity contribution >= 4 is 22.5 Å². The van der Waals surface area contributed by atoms with Gasteiger partial charge in [-0.2, -0.15) is 0 Å². The minimum Gasteiger partial charge on any atom is -0.285 e. The molecule has 0 aliphatic carbocycles. The Labute approximate surface area is 121 Å². The normalized spacial score (nSPS) is 11.2. The van der Waals surface area contributed by atoms with Crippen LogP contribution in [0, 0.1) is 0 Å². The van der Waals surface area contributed by atoms with Crippen molar-refractivity contribution in [1.29, 1.82) is 0 Å². The van der Waals surface area contributed by atoms with Crippen LogP contribution in [0.4, 0.5) is 0 Å². The molecule has 0 aromatic heterocycles. The Kier molecular flexibility index (Phi) is 5.12. The topological polar surface area (TPSA) is 51.2 Å². The van der Waals surface area contributed by atoms with Crippen molar-refractivity contribution in [3.8, 4) is 0 Å². The van der Waals surface area contributed by atoms with Crippen molar-refractivity contribution in [2.24, 2.45) is 0 Å². The van der Waals surface area contributed by atoms with Crippen LogP contribution in [0.25, 0.3) is 10.8 Å². The predicted octanol–water partition coefficient (Wildman–Crippen LogP) is 2.86. The molecule has 0 N–H and O–H groups in total. The van der Waals surface area contributed by atoms with Crippen LogP contribution in [0.2, 0.25) is 0 Å². The second-order valence-corrected chi connectivity index (χ2v) is 6.13. The van der Waals surface area contributed by atoms with E-state index in [4.69, 9.17) is 0 Å². The second-order valence-electron chi connectivity index (χ2n) is 4.96. The van der Waals surface area contributed by atoms with Crippen LogP contribution in [0.15, 0.2) is 37.5 Å². The van der Waals surface area contributed by atoms with Gasteiger partial charge in [-0.3, -0.25) is 14.4 Å². The molecule has 2 aromatic carbocycles. The molecule has 0 aliphatic heterocycles. The van der Waals surface area contributed by atoms with Crippen molar-refractivity contribution in [2.75, 3.05) is 5.75 Å². The Balaban J connectivity index is 2.02. The highest BCUT2D eigenvalue weighted by Gasteiger charge is 2.12. The number of thioether (sulfide) groups is 1. The fraction of sp³-hybridized carbons (Fsp3) is 0.438. The summed E-state index contributed by atoms with van der Waals surface area (Å²) in [6.07, 6.45) is 6.16. The molecule has 0 spiro atoms. The molecular weight excluding hydrogens is 272 g/mol. The Morgan fingerprint density at radius 3 is 2.30 bits per heavy atom. The van der Waals surface area contributed by atoms with Gasteiger partial charge in [-0.1, -0.05) is 32.6 Å². The highest BCUT2D eigenvalue weighted by atomic mass is 32.2. The lowest BCUT2D eigenvalue weighted by molar-refractivity contribution is 0.659. The van der Waals surface area contributed by atoms with E-state index in [0.29, 0.717) is 0 Å². The molecule has 0 heterocycles. The summed E-state index contributed by atoms with van der Waals surface area (Å²) in [5, 5.41) is 0.531. The molecule has 0 fully saturated rings. The second kappa shape index (κ2) is 6.84. The lowest BCUT2D eigenvalue weighted by Gasteiger charge is -2.02. The van der Waals surface area contributed by atoms with Gasteiger partial charge in [-0.05, 0) is 30.4 Å². The van der Waals surface area contributed by atoms with Crippen LogP contribution in [-0.4, -0.2) is 5.75 Å². The van der Waals surface area contributed by atoms with Crippen molar-refractivity contribution < 1.29 is 0 Å². The van der Waals surface area contributed by atoms with Gasteiger partial charge >= 0.3 is 0 Å². The molecule has 0 unspecified atom stereocenters. The average molecular weight is 290 g/mol. The van der Waals surface area contributed by atoms with E-state index in [-0.39, 0.29) is 10.8 Å². The van der Waals surface area contributed by atoms with E-state index in [0.717, 1.165) is 17.1 Å². The number of hydrogen-bond donors (Lipinski definition) is 0.